The van der Waals surface area contributed by atoms with Crippen LogP contribution in [0.3, 0.4) is 0 Å². The predicted molar refractivity (Wildman–Crippen MR) is 128 cm³/mol. The smallest absolute Gasteiger partial charge is 0.337 e. The van der Waals surface area contributed by atoms with Crippen LogP contribution in [0.5, 0.6) is 5.75 Å². The SMILES string of the molecule is CCC(=O)NCc1cnn(Cc2cc(OC)c3c(NS(=O)(=O)c4ccccc4C(=O)O)noc3c2)c1. The lowest BCUT2D eigenvalue weighted by atomic mass is 10.1. The number of hydrogen-bond acceptors (Lipinski definition) is 8. The molecule has 1 amide bonds. The molecule has 0 bridgehead atoms. The van der Waals surface area contributed by atoms with E-state index < -0.39 is 20.9 Å². The maximum atomic E-state index is 13.0. The maximum absolute atomic E-state index is 13.0. The van der Waals surface area contributed by atoms with Crippen molar-refractivity contribution in [2.45, 2.75) is 31.3 Å². The van der Waals surface area contributed by atoms with E-state index in [2.05, 4.69) is 20.3 Å². The summed E-state index contributed by atoms with van der Waals surface area (Å²) in [4.78, 5) is 22.5. The number of fused-ring (bicyclic) bond motifs is 1. The summed E-state index contributed by atoms with van der Waals surface area (Å²) in [7, 11) is -2.88. The standard InChI is InChI=1S/C23H23N5O7S/c1-3-20(29)24-10-15-11-25-28(13-15)12-14-8-17(34-2)21-18(9-14)35-26-22(21)27-36(32,33)19-7-5-4-6-16(19)23(30)31/h4-9,11,13H,3,10,12H2,1-2H3,(H,24,29)(H,26,27)(H,30,31). The zero-order chi connectivity index (χ0) is 25.9. The minimum Gasteiger partial charge on any atom is -0.496 e. The number of ether oxygens (including phenoxy) is 1. The predicted octanol–water partition coefficient (Wildman–Crippen LogP) is 2.61. The number of hydrogen-bond donors (Lipinski definition) is 3. The zero-order valence-electron chi connectivity index (χ0n) is 19.4. The summed E-state index contributed by atoms with van der Waals surface area (Å²) >= 11 is 0. The van der Waals surface area contributed by atoms with E-state index in [0.717, 1.165) is 11.1 Å². The fourth-order valence-electron chi connectivity index (χ4n) is 3.57. The number of anilines is 1. The fraction of sp³-hybridized carbons (Fsp3) is 0.217. The van der Waals surface area contributed by atoms with Gasteiger partial charge in [0.05, 0.1) is 25.4 Å². The normalized spacial score (nSPS) is 11.4. The van der Waals surface area contributed by atoms with Crippen molar-refractivity contribution in [2.24, 2.45) is 0 Å². The van der Waals surface area contributed by atoms with Crippen LogP contribution in [0.2, 0.25) is 0 Å². The highest BCUT2D eigenvalue weighted by atomic mass is 32.2. The molecule has 2 aromatic carbocycles. The van der Waals surface area contributed by atoms with Crippen molar-refractivity contribution in [2.75, 3.05) is 11.8 Å². The average Bonchev–Trinajstić information content (AvgIpc) is 3.48. The van der Waals surface area contributed by atoms with Gasteiger partial charge >= 0.3 is 5.97 Å². The molecule has 0 aliphatic carbocycles. The summed E-state index contributed by atoms with van der Waals surface area (Å²) in [6.45, 7) is 2.49. The third kappa shape index (κ3) is 5.15. The number of sulfonamides is 1. The van der Waals surface area contributed by atoms with E-state index in [4.69, 9.17) is 9.26 Å². The third-order valence-corrected chi connectivity index (χ3v) is 6.69. The van der Waals surface area contributed by atoms with Crippen molar-refractivity contribution in [1.29, 1.82) is 0 Å². The number of carboxylic acids is 1. The van der Waals surface area contributed by atoms with E-state index in [0.29, 0.717) is 25.3 Å². The second-order valence-corrected chi connectivity index (χ2v) is 9.44. The van der Waals surface area contributed by atoms with Gasteiger partial charge in [-0.1, -0.05) is 24.2 Å². The monoisotopic (exact) mass is 513 g/mol. The molecule has 0 spiro atoms. The molecule has 2 aromatic heterocycles. The molecule has 0 saturated carbocycles. The van der Waals surface area contributed by atoms with E-state index in [-0.39, 0.29) is 28.3 Å². The number of nitrogens with zero attached hydrogens (tertiary/aromatic N) is 3. The van der Waals surface area contributed by atoms with Crippen LogP contribution < -0.4 is 14.8 Å². The Labute approximate surface area is 205 Å². The summed E-state index contributed by atoms with van der Waals surface area (Å²) < 4.78 is 40.7. The Morgan fingerprint density at radius 3 is 2.69 bits per heavy atom. The number of carbonyl (C=O) groups is 2. The average molecular weight is 514 g/mol. The molecule has 2 heterocycles. The summed E-state index contributed by atoms with van der Waals surface area (Å²) in [5.41, 5.74) is 1.47. The number of aromatic nitrogens is 3. The van der Waals surface area contributed by atoms with Crippen LogP contribution >= 0.6 is 0 Å². The van der Waals surface area contributed by atoms with Crippen molar-refractivity contribution >= 4 is 38.7 Å². The van der Waals surface area contributed by atoms with Crippen LogP contribution in [-0.4, -0.2) is 47.4 Å². The second-order valence-electron chi connectivity index (χ2n) is 7.79. The molecule has 0 saturated heterocycles. The minimum absolute atomic E-state index is 0.0545. The number of rotatable bonds is 10. The van der Waals surface area contributed by atoms with Gasteiger partial charge in [-0.25, -0.2) is 13.2 Å². The van der Waals surface area contributed by atoms with Gasteiger partial charge in [0.2, 0.25) is 5.91 Å². The summed E-state index contributed by atoms with van der Waals surface area (Å²) in [5, 5.41) is 20.6. The van der Waals surface area contributed by atoms with Crippen molar-refractivity contribution in [1.82, 2.24) is 20.3 Å². The first-order chi connectivity index (χ1) is 17.2. The van der Waals surface area contributed by atoms with Gasteiger partial charge in [0.25, 0.3) is 10.0 Å². The highest BCUT2D eigenvalue weighted by molar-refractivity contribution is 7.92. The highest BCUT2D eigenvalue weighted by Gasteiger charge is 2.25. The molecular weight excluding hydrogens is 490 g/mol. The first-order valence-electron chi connectivity index (χ1n) is 10.8. The lowest BCUT2D eigenvalue weighted by molar-refractivity contribution is -0.120. The molecule has 4 aromatic rings. The third-order valence-electron chi connectivity index (χ3n) is 5.30. The van der Waals surface area contributed by atoms with Crippen molar-refractivity contribution in [3.05, 3.63) is 65.5 Å². The Morgan fingerprint density at radius 1 is 1.19 bits per heavy atom. The lowest BCUT2D eigenvalue weighted by Crippen LogP contribution is -2.21. The number of benzene rings is 2. The van der Waals surface area contributed by atoms with Gasteiger partial charge in [0, 0.05) is 24.7 Å². The molecule has 13 heteroatoms. The fourth-order valence-corrected chi connectivity index (χ4v) is 4.78. The summed E-state index contributed by atoms with van der Waals surface area (Å²) in [6.07, 6.45) is 3.85. The first kappa shape index (κ1) is 24.7. The van der Waals surface area contributed by atoms with Crippen LogP contribution in [0.15, 0.2) is 58.2 Å². The Bertz CT molecular complexity index is 1540. The zero-order valence-corrected chi connectivity index (χ0v) is 20.2. The molecule has 0 radical (unpaired) electrons. The Hall–Kier alpha value is -4.39. The van der Waals surface area contributed by atoms with Crippen LogP contribution in [0.25, 0.3) is 11.0 Å². The van der Waals surface area contributed by atoms with Crippen molar-refractivity contribution < 1.29 is 32.4 Å². The Kier molecular flexibility index (Phi) is 6.92. The Balaban J connectivity index is 1.60. The summed E-state index contributed by atoms with van der Waals surface area (Å²) in [6, 6.07) is 8.62. The molecule has 0 aliphatic rings. The molecule has 12 nitrogen and oxygen atoms in total. The van der Waals surface area contributed by atoms with Gasteiger partial charge < -0.3 is 19.7 Å². The van der Waals surface area contributed by atoms with E-state index in [1.807, 2.05) is 0 Å². The van der Waals surface area contributed by atoms with Gasteiger partial charge in [-0.05, 0) is 29.8 Å². The highest BCUT2D eigenvalue weighted by Crippen LogP contribution is 2.35. The molecule has 0 atom stereocenters. The molecule has 188 valence electrons. The van der Waals surface area contributed by atoms with Crippen LogP contribution in [-0.2, 0) is 27.9 Å². The minimum atomic E-state index is -4.30. The van der Waals surface area contributed by atoms with E-state index in [9.17, 15) is 23.1 Å². The molecule has 0 aliphatic heterocycles. The molecule has 3 N–H and O–H groups in total. The first-order valence-corrected chi connectivity index (χ1v) is 12.3. The molecule has 4 rings (SSSR count). The number of nitrogens with one attached hydrogen (secondary N) is 2. The largest absolute Gasteiger partial charge is 0.496 e. The number of methoxy groups -OCH3 is 1. The Morgan fingerprint density at radius 2 is 1.97 bits per heavy atom. The number of aromatic carboxylic acids is 1. The van der Waals surface area contributed by atoms with Crippen LogP contribution in [0.1, 0.15) is 34.8 Å². The number of carbonyl (C=O) groups excluding carboxylic acids is 1. The van der Waals surface area contributed by atoms with Crippen molar-refractivity contribution in [3.63, 3.8) is 0 Å². The molecule has 0 fully saturated rings. The van der Waals surface area contributed by atoms with Gasteiger partial charge in [-0.3, -0.25) is 14.2 Å². The van der Waals surface area contributed by atoms with E-state index in [1.54, 1.807) is 36.1 Å². The number of carboxylic acid groups (broad SMARTS) is 1. The molecular formula is C23H23N5O7S. The maximum Gasteiger partial charge on any atom is 0.337 e. The van der Waals surface area contributed by atoms with Crippen LogP contribution in [0, 0.1) is 0 Å². The van der Waals surface area contributed by atoms with E-state index >= 15 is 0 Å². The van der Waals surface area contributed by atoms with Gasteiger partial charge in [-0.15, -0.1) is 0 Å². The van der Waals surface area contributed by atoms with E-state index in [1.165, 1.54) is 31.4 Å². The molecule has 0 unspecified atom stereocenters. The lowest BCUT2D eigenvalue weighted by Gasteiger charge is -2.10. The van der Waals surface area contributed by atoms with Crippen molar-refractivity contribution in [3.8, 4) is 5.75 Å². The summed E-state index contributed by atoms with van der Waals surface area (Å²) in [5.74, 6) is -1.27. The second kappa shape index (κ2) is 10.1. The quantitative estimate of drug-likeness (QED) is 0.289. The number of amides is 1. The van der Waals surface area contributed by atoms with Crippen LogP contribution in [0.4, 0.5) is 5.82 Å². The topological polar surface area (TPSA) is 166 Å². The van der Waals surface area contributed by atoms with Gasteiger partial charge in [0.15, 0.2) is 11.4 Å². The molecule has 36 heavy (non-hydrogen) atoms. The van der Waals surface area contributed by atoms with Gasteiger partial charge in [0.1, 0.15) is 16.0 Å². The van der Waals surface area contributed by atoms with Gasteiger partial charge in [-0.2, -0.15) is 5.10 Å².